The van der Waals surface area contributed by atoms with Crippen LogP contribution in [0.15, 0.2) is 36.7 Å². The Labute approximate surface area is 167 Å². The average Bonchev–Trinajstić information content (AvgIpc) is 2.73. The third-order valence-corrected chi connectivity index (χ3v) is 5.79. The van der Waals surface area contributed by atoms with Crippen LogP contribution in [0.1, 0.15) is 50.1 Å². The van der Waals surface area contributed by atoms with Crippen LogP contribution in [-0.4, -0.2) is 47.7 Å². The smallest absolute Gasteiger partial charge is 0.257 e. The van der Waals surface area contributed by atoms with E-state index in [1.165, 1.54) is 31.2 Å². The summed E-state index contributed by atoms with van der Waals surface area (Å²) in [6.45, 7) is 3.03. The molecule has 2 aliphatic rings. The summed E-state index contributed by atoms with van der Waals surface area (Å²) in [5.74, 6) is 2.25. The highest BCUT2D eigenvalue weighted by atomic mass is 16.5. The topological polar surface area (TPSA) is 59.5 Å². The van der Waals surface area contributed by atoms with Crippen LogP contribution in [0.2, 0.25) is 0 Å². The number of rotatable bonds is 8. The molecule has 6 heteroatoms. The van der Waals surface area contributed by atoms with E-state index in [0.717, 1.165) is 44.0 Å². The molecular weight excluding hydrogens is 352 g/mol. The fourth-order valence-corrected chi connectivity index (χ4v) is 3.89. The molecule has 1 saturated carbocycles. The van der Waals surface area contributed by atoms with Crippen LogP contribution >= 0.6 is 0 Å². The molecule has 2 heterocycles. The van der Waals surface area contributed by atoms with E-state index in [-0.39, 0.29) is 12.1 Å². The Hall–Kier alpha value is -2.34. The van der Waals surface area contributed by atoms with Gasteiger partial charge in [-0.15, -0.1) is 0 Å². The summed E-state index contributed by atoms with van der Waals surface area (Å²) < 4.78 is 11.4. The molecule has 4 rings (SSSR count). The predicted octanol–water partition coefficient (Wildman–Crippen LogP) is 4.06. The van der Waals surface area contributed by atoms with Crippen molar-refractivity contribution in [1.29, 1.82) is 0 Å². The number of ether oxygens (including phenoxy) is 2. The molecule has 0 amide bonds. The predicted molar refractivity (Wildman–Crippen MR) is 110 cm³/mol. The van der Waals surface area contributed by atoms with Gasteiger partial charge in [-0.3, -0.25) is 4.90 Å². The molecule has 2 aromatic rings. The number of hydrogen-bond donors (Lipinski definition) is 1. The van der Waals surface area contributed by atoms with Crippen molar-refractivity contribution in [3.63, 3.8) is 0 Å². The second-order valence-corrected chi connectivity index (χ2v) is 7.65. The van der Waals surface area contributed by atoms with E-state index >= 15 is 0 Å². The number of nitrogens with zero attached hydrogens (tertiary/aromatic N) is 3. The lowest BCUT2D eigenvalue weighted by Gasteiger charge is -2.35. The standard InChI is InChI=1S/C22H30N4O2/c1-27-18-10-8-17(9-11-18)20(26-14-3-2-4-15-26)16-25-21-22(24-13-12-23-21)28-19-6-5-7-19/h8-13,19-20H,2-7,14-16H2,1H3,(H,23,25). The molecule has 0 radical (unpaired) electrons. The normalized spacial score (nSPS) is 18.9. The lowest BCUT2D eigenvalue weighted by Crippen LogP contribution is -2.37. The molecular formula is C22H30N4O2. The minimum Gasteiger partial charge on any atom is -0.497 e. The highest BCUT2D eigenvalue weighted by Gasteiger charge is 2.24. The first-order valence-electron chi connectivity index (χ1n) is 10.4. The number of nitrogens with one attached hydrogen (secondary N) is 1. The van der Waals surface area contributed by atoms with Crippen LogP contribution in [0.3, 0.4) is 0 Å². The van der Waals surface area contributed by atoms with Crippen molar-refractivity contribution in [1.82, 2.24) is 14.9 Å². The van der Waals surface area contributed by atoms with Crippen molar-refractivity contribution in [3.05, 3.63) is 42.2 Å². The van der Waals surface area contributed by atoms with Gasteiger partial charge in [0.05, 0.1) is 13.2 Å². The van der Waals surface area contributed by atoms with Crippen molar-refractivity contribution in [2.24, 2.45) is 0 Å². The quantitative estimate of drug-likeness (QED) is 0.743. The number of likely N-dealkylation sites (tertiary alicyclic amines) is 1. The molecule has 1 aromatic heterocycles. The van der Waals surface area contributed by atoms with E-state index in [9.17, 15) is 0 Å². The van der Waals surface area contributed by atoms with Gasteiger partial charge in [0, 0.05) is 18.9 Å². The molecule has 2 fully saturated rings. The first kappa shape index (κ1) is 19.0. The zero-order valence-electron chi connectivity index (χ0n) is 16.6. The number of hydrogen-bond acceptors (Lipinski definition) is 6. The summed E-state index contributed by atoms with van der Waals surface area (Å²) >= 11 is 0. The molecule has 1 N–H and O–H groups in total. The lowest BCUT2D eigenvalue weighted by atomic mass is 9.96. The Morgan fingerprint density at radius 3 is 2.46 bits per heavy atom. The minimum atomic E-state index is 0.282. The van der Waals surface area contributed by atoms with Crippen LogP contribution in [0.4, 0.5) is 5.82 Å². The van der Waals surface area contributed by atoms with Gasteiger partial charge in [-0.2, -0.15) is 0 Å². The largest absolute Gasteiger partial charge is 0.497 e. The van der Waals surface area contributed by atoms with Gasteiger partial charge in [0.2, 0.25) is 0 Å². The first-order valence-corrected chi connectivity index (χ1v) is 10.4. The van der Waals surface area contributed by atoms with Crippen LogP contribution in [0, 0.1) is 0 Å². The molecule has 28 heavy (non-hydrogen) atoms. The molecule has 6 nitrogen and oxygen atoms in total. The second kappa shape index (κ2) is 9.24. The van der Waals surface area contributed by atoms with Gasteiger partial charge in [-0.25, -0.2) is 9.97 Å². The summed E-state index contributed by atoms with van der Waals surface area (Å²) in [5, 5.41) is 3.52. The minimum absolute atomic E-state index is 0.282. The molecule has 0 spiro atoms. The maximum absolute atomic E-state index is 6.03. The van der Waals surface area contributed by atoms with E-state index in [4.69, 9.17) is 9.47 Å². The van der Waals surface area contributed by atoms with E-state index in [2.05, 4.69) is 32.3 Å². The van der Waals surface area contributed by atoms with Crippen LogP contribution in [0.25, 0.3) is 0 Å². The van der Waals surface area contributed by atoms with Gasteiger partial charge in [-0.1, -0.05) is 18.6 Å². The Bertz CT molecular complexity index is 742. The summed E-state index contributed by atoms with van der Waals surface area (Å²) in [5.41, 5.74) is 1.29. The molecule has 1 saturated heterocycles. The van der Waals surface area contributed by atoms with Gasteiger partial charge in [0.25, 0.3) is 5.88 Å². The summed E-state index contributed by atoms with van der Waals surface area (Å²) in [7, 11) is 1.70. The number of methoxy groups -OCH3 is 1. The fraction of sp³-hybridized carbons (Fsp3) is 0.545. The Morgan fingerprint density at radius 1 is 1.04 bits per heavy atom. The molecule has 1 unspecified atom stereocenters. The first-order chi connectivity index (χ1) is 13.8. The van der Waals surface area contributed by atoms with Crippen LogP contribution in [0.5, 0.6) is 11.6 Å². The van der Waals surface area contributed by atoms with Crippen molar-refractivity contribution in [2.45, 2.75) is 50.7 Å². The third kappa shape index (κ3) is 4.55. The molecule has 1 aliphatic heterocycles. The molecule has 150 valence electrons. The fourth-order valence-electron chi connectivity index (χ4n) is 3.89. The van der Waals surface area contributed by atoms with E-state index < -0.39 is 0 Å². The zero-order valence-corrected chi connectivity index (χ0v) is 16.6. The van der Waals surface area contributed by atoms with Crippen LogP contribution < -0.4 is 14.8 Å². The summed E-state index contributed by atoms with van der Waals surface area (Å²) in [6, 6.07) is 8.70. The van der Waals surface area contributed by atoms with Crippen molar-refractivity contribution in [2.75, 3.05) is 32.1 Å². The number of benzene rings is 1. The molecule has 1 aliphatic carbocycles. The second-order valence-electron chi connectivity index (χ2n) is 7.65. The monoisotopic (exact) mass is 382 g/mol. The van der Waals surface area contributed by atoms with Gasteiger partial charge in [-0.05, 0) is 62.9 Å². The van der Waals surface area contributed by atoms with Crippen molar-refractivity contribution < 1.29 is 9.47 Å². The number of aromatic nitrogens is 2. The maximum atomic E-state index is 6.03. The average molecular weight is 383 g/mol. The van der Waals surface area contributed by atoms with Gasteiger partial charge >= 0.3 is 0 Å². The van der Waals surface area contributed by atoms with E-state index in [1.807, 2.05) is 12.1 Å². The summed E-state index contributed by atoms with van der Waals surface area (Å²) in [6.07, 6.45) is 11.0. The Balaban J connectivity index is 1.49. The van der Waals surface area contributed by atoms with Gasteiger partial charge < -0.3 is 14.8 Å². The van der Waals surface area contributed by atoms with Crippen molar-refractivity contribution in [3.8, 4) is 11.6 Å². The molecule has 1 atom stereocenters. The van der Waals surface area contributed by atoms with E-state index in [1.54, 1.807) is 19.5 Å². The van der Waals surface area contributed by atoms with Gasteiger partial charge in [0.15, 0.2) is 5.82 Å². The number of piperidine rings is 1. The van der Waals surface area contributed by atoms with Crippen molar-refractivity contribution >= 4 is 5.82 Å². The van der Waals surface area contributed by atoms with Gasteiger partial charge in [0.1, 0.15) is 11.9 Å². The zero-order chi connectivity index (χ0) is 19.2. The maximum Gasteiger partial charge on any atom is 0.257 e. The highest BCUT2D eigenvalue weighted by molar-refractivity contribution is 5.45. The Morgan fingerprint density at radius 2 is 1.79 bits per heavy atom. The highest BCUT2D eigenvalue weighted by Crippen LogP contribution is 2.30. The van der Waals surface area contributed by atoms with E-state index in [0.29, 0.717) is 5.88 Å². The number of anilines is 1. The lowest BCUT2D eigenvalue weighted by molar-refractivity contribution is 0.115. The molecule has 1 aromatic carbocycles. The third-order valence-electron chi connectivity index (χ3n) is 5.79. The Kier molecular flexibility index (Phi) is 6.27. The van der Waals surface area contributed by atoms with Crippen LogP contribution in [-0.2, 0) is 0 Å². The summed E-state index contributed by atoms with van der Waals surface area (Å²) in [4.78, 5) is 11.5. The SMILES string of the molecule is COc1ccc(C(CNc2nccnc2OC2CCC2)N2CCCCC2)cc1. The molecule has 0 bridgehead atoms.